The first-order valence-corrected chi connectivity index (χ1v) is 8.23. The maximum atomic E-state index is 13.0. The molecule has 0 atom stereocenters. The van der Waals surface area contributed by atoms with Crippen LogP contribution in [0, 0.1) is 11.7 Å². The van der Waals surface area contributed by atoms with Crippen molar-refractivity contribution in [2.45, 2.75) is 38.0 Å². The molecule has 2 aromatic carbocycles. The molecular formula is C21H23F. The summed E-state index contributed by atoms with van der Waals surface area (Å²) in [5.41, 5.74) is 3.68. The van der Waals surface area contributed by atoms with Gasteiger partial charge in [0.25, 0.3) is 0 Å². The van der Waals surface area contributed by atoms with Crippen LogP contribution in [-0.4, -0.2) is 0 Å². The highest BCUT2D eigenvalue weighted by molar-refractivity contribution is 5.63. The Balaban J connectivity index is 1.67. The molecule has 114 valence electrons. The van der Waals surface area contributed by atoms with E-state index in [-0.39, 0.29) is 5.82 Å². The van der Waals surface area contributed by atoms with Gasteiger partial charge in [-0.05, 0) is 72.8 Å². The summed E-state index contributed by atoms with van der Waals surface area (Å²) in [7, 11) is 0. The molecule has 1 saturated carbocycles. The molecule has 0 amide bonds. The summed E-state index contributed by atoms with van der Waals surface area (Å²) in [5.74, 6) is 1.35. The van der Waals surface area contributed by atoms with Crippen LogP contribution in [0.2, 0.25) is 0 Å². The molecule has 1 aliphatic carbocycles. The first kappa shape index (κ1) is 15.0. The van der Waals surface area contributed by atoms with E-state index in [1.807, 2.05) is 12.1 Å². The zero-order valence-electron chi connectivity index (χ0n) is 13.0. The minimum atomic E-state index is -0.184. The lowest BCUT2D eigenvalue weighted by molar-refractivity contribution is 0.328. The van der Waals surface area contributed by atoms with Gasteiger partial charge in [0.2, 0.25) is 0 Å². The smallest absolute Gasteiger partial charge is 0.123 e. The third-order valence-electron chi connectivity index (χ3n) is 4.91. The second-order valence-electron chi connectivity index (χ2n) is 6.37. The van der Waals surface area contributed by atoms with Gasteiger partial charge >= 0.3 is 0 Å². The lowest BCUT2D eigenvalue weighted by Gasteiger charge is -2.28. The Morgan fingerprint density at radius 1 is 0.864 bits per heavy atom. The molecule has 1 aliphatic rings. The van der Waals surface area contributed by atoms with Crippen molar-refractivity contribution >= 4 is 0 Å². The minimum Gasteiger partial charge on any atom is -0.207 e. The predicted molar refractivity (Wildman–Crippen MR) is 91.3 cm³/mol. The van der Waals surface area contributed by atoms with Crippen molar-refractivity contribution in [2.24, 2.45) is 5.92 Å². The van der Waals surface area contributed by atoms with Crippen LogP contribution in [0.25, 0.3) is 11.1 Å². The monoisotopic (exact) mass is 294 g/mol. The second-order valence-corrected chi connectivity index (χ2v) is 6.37. The lowest BCUT2D eigenvalue weighted by atomic mass is 9.77. The Morgan fingerprint density at radius 3 is 1.95 bits per heavy atom. The molecule has 1 fully saturated rings. The molecule has 0 bridgehead atoms. The molecule has 0 aromatic heterocycles. The van der Waals surface area contributed by atoms with Gasteiger partial charge in [-0.3, -0.25) is 0 Å². The molecule has 1 heteroatoms. The van der Waals surface area contributed by atoms with Gasteiger partial charge in [0.05, 0.1) is 0 Å². The summed E-state index contributed by atoms with van der Waals surface area (Å²) in [6.45, 7) is 3.85. The van der Waals surface area contributed by atoms with Gasteiger partial charge in [0, 0.05) is 0 Å². The van der Waals surface area contributed by atoms with Crippen LogP contribution >= 0.6 is 0 Å². The first-order chi connectivity index (χ1) is 10.8. The van der Waals surface area contributed by atoms with Crippen LogP contribution in [0.3, 0.4) is 0 Å². The lowest BCUT2D eigenvalue weighted by Crippen LogP contribution is -2.12. The zero-order valence-corrected chi connectivity index (χ0v) is 13.0. The van der Waals surface area contributed by atoms with E-state index in [0.29, 0.717) is 5.92 Å². The molecule has 0 radical (unpaired) electrons. The number of hydrogen-bond acceptors (Lipinski definition) is 0. The van der Waals surface area contributed by atoms with Gasteiger partial charge < -0.3 is 0 Å². The van der Waals surface area contributed by atoms with Gasteiger partial charge in [0.1, 0.15) is 5.82 Å². The van der Waals surface area contributed by atoms with Crippen LogP contribution in [0.4, 0.5) is 4.39 Å². The van der Waals surface area contributed by atoms with Gasteiger partial charge in [-0.2, -0.15) is 0 Å². The Labute approximate surface area is 132 Å². The Hall–Kier alpha value is -1.89. The molecule has 3 rings (SSSR count). The summed E-state index contributed by atoms with van der Waals surface area (Å²) in [5, 5.41) is 0. The standard InChI is InChI=1S/C21H23F/c1-2-3-16-4-6-17(7-5-16)18-8-10-19(11-9-18)20-12-14-21(22)15-13-20/h2,8-17H,1,3-7H2/t16-,17-. The molecule has 0 unspecified atom stereocenters. The Morgan fingerprint density at radius 2 is 1.41 bits per heavy atom. The third kappa shape index (κ3) is 3.47. The zero-order chi connectivity index (χ0) is 15.4. The number of benzene rings is 2. The van der Waals surface area contributed by atoms with E-state index in [1.165, 1.54) is 43.4 Å². The second kappa shape index (κ2) is 6.91. The molecule has 0 N–H and O–H groups in total. The quantitative estimate of drug-likeness (QED) is 0.577. The molecule has 0 aliphatic heterocycles. The maximum Gasteiger partial charge on any atom is 0.123 e. The van der Waals surface area contributed by atoms with Crippen LogP contribution in [0.5, 0.6) is 0 Å². The number of halogens is 1. The number of rotatable bonds is 4. The molecule has 22 heavy (non-hydrogen) atoms. The van der Waals surface area contributed by atoms with Crippen molar-refractivity contribution in [3.05, 3.63) is 72.6 Å². The van der Waals surface area contributed by atoms with E-state index in [9.17, 15) is 4.39 Å². The summed E-state index contributed by atoms with van der Waals surface area (Å²) < 4.78 is 13.0. The summed E-state index contributed by atoms with van der Waals surface area (Å²) in [6.07, 6.45) is 8.42. The fraction of sp³-hybridized carbons (Fsp3) is 0.333. The molecular weight excluding hydrogens is 271 g/mol. The summed E-state index contributed by atoms with van der Waals surface area (Å²) in [6, 6.07) is 15.5. The first-order valence-electron chi connectivity index (χ1n) is 8.23. The van der Waals surface area contributed by atoms with Crippen LogP contribution in [-0.2, 0) is 0 Å². The molecule has 2 aromatic rings. The van der Waals surface area contributed by atoms with Gasteiger partial charge in [-0.25, -0.2) is 4.39 Å². The van der Waals surface area contributed by atoms with Crippen LogP contribution in [0.1, 0.15) is 43.6 Å². The summed E-state index contributed by atoms with van der Waals surface area (Å²) >= 11 is 0. The largest absolute Gasteiger partial charge is 0.207 e. The highest BCUT2D eigenvalue weighted by atomic mass is 19.1. The van der Waals surface area contributed by atoms with Crippen molar-refractivity contribution < 1.29 is 4.39 Å². The average Bonchev–Trinajstić information content (AvgIpc) is 2.57. The van der Waals surface area contributed by atoms with E-state index in [1.54, 1.807) is 0 Å². The van der Waals surface area contributed by atoms with Gasteiger partial charge in [0.15, 0.2) is 0 Å². The predicted octanol–water partition coefficient (Wildman–Crippen LogP) is 6.34. The average molecular weight is 294 g/mol. The molecule has 0 spiro atoms. The highest BCUT2D eigenvalue weighted by Crippen LogP contribution is 2.37. The normalized spacial score (nSPS) is 21.5. The summed E-state index contributed by atoms with van der Waals surface area (Å²) in [4.78, 5) is 0. The highest BCUT2D eigenvalue weighted by Gasteiger charge is 2.21. The minimum absolute atomic E-state index is 0.184. The Kier molecular flexibility index (Phi) is 4.72. The van der Waals surface area contributed by atoms with Crippen LogP contribution in [0.15, 0.2) is 61.2 Å². The van der Waals surface area contributed by atoms with Crippen molar-refractivity contribution in [3.63, 3.8) is 0 Å². The van der Waals surface area contributed by atoms with Crippen molar-refractivity contribution in [1.82, 2.24) is 0 Å². The third-order valence-corrected chi connectivity index (χ3v) is 4.91. The van der Waals surface area contributed by atoms with E-state index < -0.39 is 0 Å². The molecule has 0 nitrogen and oxygen atoms in total. The Bertz CT molecular complexity index is 601. The van der Waals surface area contributed by atoms with Crippen molar-refractivity contribution in [3.8, 4) is 11.1 Å². The molecule has 0 heterocycles. The SMILES string of the molecule is C=CC[C@H]1CC[C@H](c2ccc(-c3ccc(F)cc3)cc2)CC1. The topological polar surface area (TPSA) is 0 Å². The van der Waals surface area contributed by atoms with E-state index in [2.05, 4.69) is 36.9 Å². The van der Waals surface area contributed by atoms with Crippen LogP contribution < -0.4 is 0 Å². The fourth-order valence-corrected chi connectivity index (χ4v) is 3.56. The number of hydrogen-bond donors (Lipinski definition) is 0. The van der Waals surface area contributed by atoms with Gasteiger partial charge in [-0.1, -0.05) is 42.5 Å². The van der Waals surface area contributed by atoms with E-state index in [4.69, 9.17) is 0 Å². The van der Waals surface area contributed by atoms with Crippen molar-refractivity contribution in [1.29, 1.82) is 0 Å². The van der Waals surface area contributed by atoms with Crippen molar-refractivity contribution in [2.75, 3.05) is 0 Å². The molecule has 0 saturated heterocycles. The van der Waals surface area contributed by atoms with Gasteiger partial charge in [-0.15, -0.1) is 6.58 Å². The fourth-order valence-electron chi connectivity index (χ4n) is 3.56. The van der Waals surface area contributed by atoms with E-state index in [0.717, 1.165) is 23.5 Å². The number of allylic oxidation sites excluding steroid dienone is 1. The van der Waals surface area contributed by atoms with E-state index >= 15 is 0 Å². The maximum absolute atomic E-state index is 13.0.